The molecule has 2 heterocycles. The maximum Gasteiger partial charge on any atom is 0.317 e. The zero-order valence-electron chi connectivity index (χ0n) is 12.1. The third-order valence-electron chi connectivity index (χ3n) is 4.13. The first-order chi connectivity index (χ1) is 9.90. The van der Waals surface area contributed by atoms with Crippen LogP contribution in [0, 0.1) is 0 Å². The number of nitrogens with one attached hydrogen (secondary N) is 1. The van der Waals surface area contributed by atoms with Crippen molar-refractivity contribution >= 4 is 11.9 Å². The van der Waals surface area contributed by atoms with Crippen LogP contribution in [-0.2, 0) is 9.59 Å². The number of hydrogen-bond donors (Lipinski definition) is 4. The lowest BCUT2D eigenvalue weighted by Crippen LogP contribution is -2.61. The molecule has 8 heteroatoms. The van der Waals surface area contributed by atoms with Crippen molar-refractivity contribution in [3.63, 3.8) is 0 Å². The summed E-state index contributed by atoms with van der Waals surface area (Å²) in [7, 11) is 0. The van der Waals surface area contributed by atoms with Gasteiger partial charge in [-0.25, -0.2) is 0 Å². The molecule has 0 radical (unpaired) electrons. The fraction of sp³-hybridized carbons (Fsp3) is 0.846. The number of carboxylic acids is 1. The Morgan fingerprint density at radius 2 is 1.90 bits per heavy atom. The van der Waals surface area contributed by atoms with E-state index in [2.05, 4.69) is 5.32 Å². The molecular weight excluding hydrogens is 278 g/mol. The first kappa shape index (κ1) is 16.2. The van der Waals surface area contributed by atoms with E-state index in [1.165, 1.54) is 11.8 Å². The number of β-amino-alcohol motifs (C(OH)–C–C–N with tert-alkyl or cyclic N) is 1. The highest BCUT2D eigenvalue weighted by atomic mass is 16.4. The summed E-state index contributed by atoms with van der Waals surface area (Å²) in [5.74, 6) is -1.26. The molecule has 8 nitrogen and oxygen atoms in total. The van der Waals surface area contributed by atoms with E-state index >= 15 is 0 Å². The highest BCUT2D eigenvalue weighted by Gasteiger charge is 2.47. The predicted molar refractivity (Wildman–Crippen MR) is 73.4 cm³/mol. The van der Waals surface area contributed by atoms with Crippen LogP contribution < -0.4 is 5.32 Å². The molecule has 0 spiro atoms. The molecule has 0 bridgehead atoms. The normalized spacial score (nSPS) is 32.2. The molecule has 0 aromatic heterocycles. The number of nitrogens with zero attached hydrogens (tertiary/aromatic N) is 2. The van der Waals surface area contributed by atoms with Gasteiger partial charge < -0.3 is 20.6 Å². The van der Waals surface area contributed by atoms with Gasteiger partial charge in [0.25, 0.3) is 0 Å². The van der Waals surface area contributed by atoms with Gasteiger partial charge in [0, 0.05) is 26.6 Å². The second-order valence-corrected chi connectivity index (χ2v) is 5.76. The lowest BCUT2D eigenvalue weighted by atomic mass is 10.1. The van der Waals surface area contributed by atoms with E-state index in [1.807, 2.05) is 4.90 Å². The molecule has 2 fully saturated rings. The number of aliphatic hydroxyl groups is 2. The lowest BCUT2D eigenvalue weighted by molar-refractivity contribution is -0.139. The Morgan fingerprint density at radius 3 is 2.43 bits per heavy atom. The summed E-state index contributed by atoms with van der Waals surface area (Å²) in [6.07, 6.45) is -0.577. The Labute approximate surface area is 123 Å². The molecule has 4 N–H and O–H groups in total. The molecule has 0 aromatic carbocycles. The molecule has 4 unspecified atom stereocenters. The van der Waals surface area contributed by atoms with E-state index < -0.39 is 30.4 Å². The van der Waals surface area contributed by atoms with Crippen molar-refractivity contribution < 1.29 is 24.9 Å². The monoisotopic (exact) mass is 301 g/mol. The summed E-state index contributed by atoms with van der Waals surface area (Å²) < 4.78 is 0. The van der Waals surface area contributed by atoms with Crippen LogP contribution in [0.5, 0.6) is 0 Å². The van der Waals surface area contributed by atoms with E-state index in [1.54, 1.807) is 0 Å². The largest absolute Gasteiger partial charge is 0.480 e. The summed E-state index contributed by atoms with van der Waals surface area (Å²) in [5, 5.41) is 31.9. The van der Waals surface area contributed by atoms with Crippen LogP contribution in [0.2, 0.25) is 0 Å². The lowest BCUT2D eigenvalue weighted by Gasteiger charge is -2.38. The van der Waals surface area contributed by atoms with Gasteiger partial charge in [-0.2, -0.15) is 0 Å². The number of amides is 1. The van der Waals surface area contributed by atoms with Gasteiger partial charge in [0.15, 0.2) is 0 Å². The molecule has 2 saturated heterocycles. The van der Waals surface area contributed by atoms with Crippen LogP contribution in [0.4, 0.5) is 0 Å². The quantitative estimate of drug-likeness (QED) is 0.466. The Morgan fingerprint density at radius 1 is 1.29 bits per heavy atom. The number of aliphatic carboxylic acids is 1. The molecule has 0 aliphatic carbocycles. The van der Waals surface area contributed by atoms with Crippen molar-refractivity contribution in [1.82, 2.24) is 15.1 Å². The van der Waals surface area contributed by atoms with E-state index in [0.717, 1.165) is 25.9 Å². The average molecular weight is 301 g/mol. The summed E-state index contributed by atoms with van der Waals surface area (Å²) in [6, 6.07) is -0.627. The average Bonchev–Trinajstić information content (AvgIpc) is 2.97. The van der Waals surface area contributed by atoms with Crippen molar-refractivity contribution in [1.29, 1.82) is 0 Å². The van der Waals surface area contributed by atoms with Crippen molar-refractivity contribution in [2.45, 2.75) is 44.2 Å². The molecule has 120 valence electrons. The van der Waals surface area contributed by atoms with E-state index in [-0.39, 0.29) is 19.0 Å². The molecule has 1 amide bonds. The number of aliphatic hydroxyl groups excluding tert-OH is 2. The number of carbonyl (C=O) groups excluding carboxylic acids is 1. The van der Waals surface area contributed by atoms with Gasteiger partial charge in [0.2, 0.25) is 5.91 Å². The molecule has 0 saturated carbocycles. The molecule has 0 aromatic rings. The Hall–Kier alpha value is -1.22. The molecule has 21 heavy (non-hydrogen) atoms. The van der Waals surface area contributed by atoms with Gasteiger partial charge >= 0.3 is 5.97 Å². The Bertz CT molecular complexity index is 399. The second kappa shape index (κ2) is 6.69. The van der Waals surface area contributed by atoms with Crippen molar-refractivity contribution in [2.75, 3.05) is 26.2 Å². The van der Waals surface area contributed by atoms with E-state index in [0.29, 0.717) is 0 Å². The number of carboxylic acid groups (broad SMARTS) is 1. The summed E-state index contributed by atoms with van der Waals surface area (Å²) in [5.41, 5.74) is 0. The first-order valence-electron chi connectivity index (χ1n) is 7.23. The van der Waals surface area contributed by atoms with Crippen molar-refractivity contribution in [3.8, 4) is 0 Å². The van der Waals surface area contributed by atoms with Crippen LogP contribution in [0.15, 0.2) is 0 Å². The smallest absolute Gasteiger partial charge is 0.317 e. The molecule has 2 aliphatic rings. The standard InChI is InChI=1S/C13H23N3O5/c1-8(17)14-13(15-4-2-3-5-15)11-12(21)9(18)6-16(11)7-10(19)20/h9,11-13,18,21H,2-7H2,1H3,(H,14,17)(H,19,20). The number of carbonyl (C=O) groups is 2. The zero-order valence-corrected chi connectivity index (χ0v) is 12.1. The van der Waals surface area contributed by atoms with E-state index in [9.17, 15) is 19.8 Å². The predicted octanol–water partition coefficient (Wildman–Crippen LogP) is -1.96. The Kier molecular flexibility index (Phi) is 5.15. The van der Waals surface area contributed by atoms with Gasteiger partial charge in [0.05, 0.1) is 24.8 Å². The van der Waals surface area contributed by atoms with Crippen molar-refractivity contribution in [2.24, 2.45) is 0 Å². The fourth-order valence-electron chi connectivity index (χ4n) is 3.26. The SMILES string of the molecule is CC(=O)NC(C1C(O)C(O)CN1CC(=O)O)N1CCCC1. The third kappa shape index (κ3) is 3.70. The summed E-state index contributed by atoms with van der Waals surface area (Å²) in [6.45, 7) is 2.77. The molecule has 2 rings (SSSR count). The van der Waals surface area contributed by atoms with Crippen LogP contribution in [0.3, 0.4) is 0 Å². The highest BCUT2D eigenvalue weighted by Crippen LogP contribution is 2.25. The van der Waals surface area contributed by atoms with Gasteiger partial charge in [0.1, 0.15) is 6.17 Å². The van der Waals surface area contributed by atoms with Gasteiger partial charge in [-0.15, -0.1) is 0 Å². The number of rotatable bonds is 5. The van der Waals surface area contributed by atoms with Gasteiger partial charge in [-0.1, -0.05) is 0 Å². The third-order valence-corrected chi connectivity index (χ3v) is 4.13. The zero-order chi connectivity index (χ0) is 15.6. The summed E-state index contributed by atoms with van der Waals surface area (Å²) >= 11 is 0. The first-order valence-corrected chi connectivity index (χ1v) is 7.23. The molecule has 4 atom stereocenters. The van der Waals surface area contributed by atoms with Crippen LogP contribution in [0.25, 0.3) is 0 Å². The van der Waals surface area contributed by atoms with Crippen LogP contribution in [-0.4, -0.2) is 87.6 Å². The van der Waals surface area contributed by atoms with Crippen LogP contribution >= 0.6 is 0 Å². The highest BCUT2D eigenvalue weighted by molar-refractivity contribution is 5.73. The minimum Gasteiger partial charge on any atom is -0.480 e. The maximum atomic E-state index is 11.5. The topological polar surface area (TPSA) is 113 Å². The minimum absolute atomic E-state index is 0.0854. The fourth-order valence-corrected chi connectivity index (χ4v) is 3.26. The van der Waals surface area contributed by atoms with Gasteiger partial charge in [-0.3, -0.25) is 19.4 Å². The minimum atomic E-state index is -1.08. The molecular formula is C13H23N3O5. The molecule has 2 aliphatic heterocycles. The van der Waals surface area contributed by atoms with E-state index in [4.69, 9.17) is 5.11 Å². The van der Waals surface area contributed by atoms with Crippen LogP contribution in [0.1, 0.15) is 19.8 Å². The number of likely N-dealkylation sites (tertiary alicyclic amines) is 2. The second-order valence-electron chi connectivity index (χ2n) is 5.76. The Balaban J connectivity index is 2.20. The van der Waals surface area contributed by atoms with Crippen molar-refractivity contribution in [3.05, 3.63) is 0 Å². The summed E-state index contributed by atoms with van der Waals surface area (Å²) in [4.78, 5) is 26.0. The number of hydrogen-bond acceptors (Lipinski definition) is 6. The maximum absolute atomic E-state index is 11.5. The van der Waals surface area contributed by atoms with Gasteiger partial charge in [-0.05, 0) is 12.8 Å².